The lowest BCUT2D eigenvalue weighted by Crippen LogP contribution is -2.18. The van der Waals surface area contributed by atoms with Crippen molar-refractivity contribution in [3.05, 3.63) is 5.82 Å². The van der Waals surface area contributed by atoms with Crippen LogP contribution in [-0.4, -0.2) is 33.3 Å². The van der Waals surface area contributed by atoms with Gasteiger partial charge in [0.2, 0.25) is 0 Å². The fourth-order valence-corrected chi connectivity index (χ4v) is 0.821. The van der Waals surface area contributed by atoms with E-state index in [0.29, 0.717) is 13.1 Å². The molecule has 1 heterocycles. The number of aryl methyl sites for hydroxylation is 1. The van der Waals surface area contributed by atoms with Crippen LogP contribution in [0.1, 0.15) is 12.2 Å². The predicted octanol–water partition coefficient (Wildman–Crippen LogP) is -1.35. The Labute approximate surface area is 71.1 Å². The third kappa shape index (κ3) is 2.93. The van der Waals surface area contributed by atoms with Gasteiger partial charge in [0.15, 0.2) is 5.82 Å². The second-order valence-corrected chi connectivity index (χ2v) is 2.51. The summed E-state index contributed by atoms with van der Waals surface area (Å²) in [5.74, 6) is 0.717. The first-order chi connectivity index (χ1) is 5.83. The van der Waals surface area contributed by atoms with Gasteiger partial charge >= 0.3 is 0 Å². The maximum Gasteiger partial charge on any atom is 0.188 e. The maximum absolute atomic E-state index is 5.32. The average Bonchev–Trinajstić information content (AvgIpc) is 2.45. The molecule has 0 unspecified atom stereocenters. The van der Waals surface area contributed by atoms with Gasteiger partial charge in [0.25, 0.3) is 0 Å². The van der Waals surface area contributed by atoms with Crippen molar-refractivity contribution in [1.29, 1.82) is 0 Å². The normalized spacial score (nSPS) is 10.5. The van der Waals surface area contributed by atoms with E-state index in [-0.39, 0.29) is 0 Å². The number of rotatable bonds is 5. The summed E-state index contributed by atoms with van der Waals surface area (Å²) in [6, 6.07) is 0. The average molecular weight is 170 g/mol. The highest BCUT2D eigenvalue weighted by molar-refractivity contribution is 4.74. The molecule has 68 valence electrons. The van der Waals surface area contributed by atoms with Crippen molar-refractivity contribution in [3.8, 4) is 0 Å². The molecule has 0 radical (unpaired) electrons. The third-order valence-corrected chi connectivity index (χ3v) is 1.39. The van der Waals surface area contributed by atoms with Gasteiger partial charge in [-0.2, -0.15) is 4.80 Å². The number of hydrogen-bond acceptors (Lipinski definition) is 5. The van der Waals surface area contributed by atoms with Gasteiger partial charge in [0.1, 0.15) is 0 Å². The summed E-state index contributed by atoms with van der Waals surface area (Å²) in [5, 5.41) is 14.7. The van der Waals surface area contributed by atoms with Crippen LogP contribution in [0.2, 0.25) is 0 Å². The van der Waals surface area contributed by atoms with Crippen molar-refractivity contribution in [2.45, 2.75) is 13.0 Å². The highest BCUT2D eigenvalue weighted by Gasteiger charge is 1.97. The molecule has 0 saturated carbocycles. The standard InChI is InChI=1S/C6H14N6/c1-12-10-6(9-11-12)5-8-4-2-3-7/h8H,2-5,7H2,1H3. The molecule has 0 fully saturated rings. The second-order valence-electron chi connectivity index (χ2n) is 2.51. The summed E-state index contributed by atoms with van der Waals surface area (Å²) in [4.78, 5) is 1.44. The molecule has 1 aromatic heterocycles. The number of aromatic nitrogens is 4. The molecule has 0 aromatic carbocycles. The lowest BCUT2D eigenvalue weighted by atomic mass is 10.4. The van der Waals surface area contributed by atoms with Crippen LogP contribution in [0, 0.1) is 0 Å². The lowest BCUT2D eigenvalue weighted by molar-refractivity contribution is 0.613. The number of nitrogens with one attached hydrogen (secondary N) is 1. The Balaban J connectivity index is 2.15. The van der Waals surface area contributed by atoms with Gasteiger partial charge in [-0.05, 0) is 24.7 Å². The van der Waals surface area contributed by atoms with E-state index >= 15 is 0 Å². The van der Waals surface area contributed by atoms with Gasteiger partial charge in [-0.25, -0.2) is 0 Å². The van der Waals surface area contributed by atoms with E-state index in [9.17, 15) is 0 Å². The van der Waals surface area contributed by atoms with E-state index in [0.717, 1.165) is 18.8 Å². The van der Waals surface area contributed by atoms with Gasteiger partial charge in [-0.3, -0.25) is 0 Å². The van der Waals surface area contributed by atoms with Crippen molar-refractivity contribution < 1.29 is 0 Å². The maximum atomic E-state index is 5.32. The summed E-state index contributed by atoms with van der Waals surface area (Å²) >= 11 is 0. The Kier molecular flexibility index (Phi) is 3.62. The van der Waals surface area contributed by atoms with Crippen molar-refractivity contribution >= 4 is 0 Å². The molecular formula is C6H14N6. The van der Waals surface area contributed by atoms with Crippen LogP contribution in [-0.2, 0) is 13.6 Å². The summed E-state index contributed by atoms with van der Waals surface area (Å²) in [6.45, 7) is 2.27. The van der Waals surface area contributed by atoms with E-state index in [1.165, 1.54) is 4.80 Å². The molecule has 0 aliphatic rings. The molecule has 0 bridgehead atoms. The molecule has 0 spiro atoms. The molecule has 3 N–H and O–H groups in total. The molecule has 12 heavy (non-hydrogen) atoms. The quantitative estimate of drug-likeness (QED) is 0.534. The fourth-order valence-electron chi connectivity index (χ4n) is 0.821. The summed E-state index contributed by atoms with van der Waals surface area (Å²) in [6.07, 6.45) is 0.972. The monoisotopic (exact) mass is 170 g/mol. The zero-order valence-electron chi connectivity index (χ0n) is 7.19. The number of nitrogens with zero attached hydrogens (tertiary/aromatic N) is 4. The number of hydrogen-bond donors (Lipinski definition) is 2. The largest absolute Gasteiger partial charge is 0.330 e. The van der Waals surface area contributed by atoms with E-state index < -0.39 is 0 Å². The lowest BCUT2D eigenvalue weighted by Gasteiger charge is -1.97. The first-order valence-corrected chi connectivity index (χ1v) is 3.96. The van der Waals surface area contributed by atoms with E-state index in [1.807, 2.05) is 0 Å². The molecule has 6 nitrogen and oxygen atoms in total. The zero-order valence-corrected chi connectivity index (χ0v) is 7.19. The van der Waals surface area contributed by atoms with Crippen LogP contribution in [0.5, 0.6) is 0 Å². The van der Waals surface area contributed by atoms with Gasteiger partial charge in [-0.15, -0.1) is 10.2 Å². The van der Waals surface area contributed by atoms with Gasteiger partial charge in [0.05, 0.1) is 13.6 Å². The van der Waals surface area contributed by atoms with E-state index in [2.05, 4.69) is 20.7 Å². The number of tetrazole rings is 1. The molecule has 0 aliphatic heterocycles. The highest BCUT2D eigenvalue weighted by Crippen LogP contribution is 1.83. The molecule has 1 rings (SSSR count). The fraction of sp³-hybridized carbons (Fsp3) is 0.833. The minimum absolute atomic E-state index is 0.661. The topological polar surface area (TPSA) is 81.7 Å². The Hall–Kier alpha value is -1.01. The minimum atomic E-state index is 0.661. The highest BCUT2D eigenvalue weighted by atomic mass is 15.6. The Bertz CT molecular complexity index is 220. The molecule has 1 aromatic rings. The second kappa shape index (κ2) is 4.78. The first kappa shape index (κ1) is 9.08. The Morgan fingerprint density at radius 3 is 3.00 bits per heavy atom. The van der Waals surface area contributed by atoms with Crippen molar-refractivity contribution in [2.75, 3.05) is 13.1 Å². The van der Waals surface area contributed by atoms with Gasteiger partial charge in [-0.1, -0.05) is 0 Å². The third-order valence-electron chi connectivity index (χ3n) is 1.39. The van der Waals surface area contributed by atoms with Crippen LogP contribution in [0.4, 0.5) is 0 Å². The molecule has 0 amide bonds. The molecule has 6 heteroatoms. The van der Waals surface area contributed by atoms with E-state index in [4.69, 9.17) is 5.73 Å². The van der Waals surface area contributed by atoms with Crippen LogP contribution in [0.15, 0.2) is 0 Å². The summed E-state index contributed by atoms with van der Waals surface area (Å²) in [5.41, 5.74) is 5.32. The molecular weight excluding hydrogens is 156 g/mol. The molecule has 0 atom stereocenters. The number of nitrogens with two attached hydrogens (primary N) is 1. The Morgan fingerprint density at radius 1 is 1.58 bits per heavy atom. The van der Waals surface area contributed by atoms with E-state index in [1.54, 1.807) is 7.05 Å². The van der Waals surface area contributed by atoms with Crippen LogP contribution >= 0.6 is 0 Å². The minimum Gasteiger partial charge on any atom is -0.330 e. The molecule has 0 saturated heterocycles. The smallest absolute Gasteiger partial charge is 0.188 e. The van der Waals surface area contributed by atoms with Crippen molar-refractivity contribution in [1.82, 2.24) is 25.5 Å². The van der Waals surface area contributed by atoms with Crippen LogP contribution in [0.3, 0.4) is 0 Å². The van der Waals surface area contributed by atoms with Crippen molar-refractivity contribution in [3.63, 3.8) is 0 Å². The zero-order chi connectivity index (χ0) is 8.81. The first-order valence-electron chi connectivity index (χ1n) is 3.96. The summed E-state index contributed by atoms with van der Waals surface area (Å²) < 4.78 is 0. The van der Waals surface area contributed by atoms with Gasteiger partial charge < -0.3 is 11.1 Å². The molecule has 0 aliphatic carbocycles. The predicted molar refractivity (Wildman–Crippen MR) is 44.2 cm³/mol. The van der Waals surface area contributed by atoms with Crippen molar-refractivity contribution in [2.24, 2.45) is 12.8 Å². The SMILES string of the molecule is Cn1nnc(CNCCCN)n1. The Morgan fingerprint density at radius 2 is 2.42 bits per heavy atom. The van der Waals surface area contributed by atoms with Gasteiger partial charge in [0, 0.05) is 0 Å². The summed E-state index contributed by atoms with van der Waals surface area (Å²) in [7, 11) is 1.75. The van der Waals surface area contributed by atoms with Crippen LogP contribution < -0.4 is 11.1 Å². The van der Waals surface area contributed by atoms with Crippen LogP contribution in [0.25, 0.3) is 0 Å².